The Morgan fingerprint density at radius 1 is 1.16 bits per heavy atom. The maximum absolute atomic E-state index is 11.7. The fourth-order valence-corrected chi connectivity index (χ4v) is 2.81. The van der Waals surface area contributed by atoms with Crippen molar-refractivity contribution in [3.63, 3.8) is 0 Å². The standard InChI is InChI=1S/C18H23N5O2/c1-2-25-17(24)14-7-9-15(10-8-14)20-16-13-19-22-18(21-16)23-11-5-3-4-6-12-23/h7-10,13H,2-6,11-12H2,1H3,(H,20,21,22). The molecule has 0 bridgehead atoms. The predicted molar refractivity (Wildman–Crippen MR) is 96.2 cm³/mol. The molecule has 1 aromatic heterocycles. The van der Waals surface area contributed by atoms with Gasteiger partial charge in [0.05, 0.1) is 18.4 Å². The van der Waals surface area contributed by atoms with Gasteiger partial charge in [-0.05, 0) is 44.0 Å². The molecule has 1 saturated heterocycles. The largest absolute Gasteiger partial charge is 0.462 e. The second-order valence-corrected chi connectivity index (χ2v) is 5.97. The van der Waals surface area contributed by atoms with Crippen molar-refractivity contribution in [2.75, 3.05) is 29.9 Å². The van der Waals surface area contributed by atoms with Crippen LogP contribution in [-0.2, 0) is 4.74 Å². The van der Waals surface area contributed by atoms with Crippen molar-refractivity contribution < 1.29 is 9.53 Å². The lowest BCUT2D eigenvalue weighted by Crippen LogP contribution is -2.26. The molecule has 1 aromatic carbocycles. The Hall–Kier alpha value is -2.70. The van der Waals surface area contributed by atoms with E-state index in [-0.39, 0.29) is 5.97 Å². The molecule has 7 heteroatoms. The van der Waals surface area contributed by atoms with Gasteiger partial charge in [-0.25, -0.2) is 4.79 Å². The number of ether oxygens (including phenoxy) is 1. The summed E-state index contributed by atoms with van der Waals surface area (Å²) in [5, 5.41) is 11.4. The normalized spacial score (nSPS) is 14.7. The van der Waals surface area contributed by atoms with Crippen LogP contribution < -0.4 is 10.2 Å². The minimum absolute atomic E-state index is 0.318. The van der Waals surface area contributed by atoms with Crippen LogP contribution in [-0.4, -0.2) is 40.8 Å². The summed E-state index contributed by atoms with van der Waals surface area (Å²) in [6.45, 7) is 4.10. The molecule has 2 heterocycles. The SMILES string of the molecule is CCOC(=O)c1ccc(Nc2cnnc(N3CCCCCC3)n2)cc1. The predicted octanol–water partition coefficient (Wildman–Crippen LogP) is 3.17. The molecule has 1 aliphatic rings. The second kappa shape index (κ2) is 8.41. The van der Waals surface area contributed by atoms with Crippen LogP contribution in [0, 0.1) is 0 Å². The highest BCUT2D eigenvalue weighted by molar-refractivity contribution is 5.89. The Bertz CT molecular complexity index is 697. The van der Waals surface area contributed by atoms with Crippen LogP contribution in [0.15, 0.2) is 30.5 Å². The lowest BCUT2D eigenvalue weighted by molar-refractivity contribution is 0.0526. The summed E-state index contributed by atoms with van der Waals surface area (Å²) in [6, 6.07) is 7.09. The van der Waals surface area contributed by atoms with Crippen LogP contribution in [0.4, 0.5) is 17.5 Å². The first kappa shape index (κ1) is 17.1. The van der Waals surface area contributed by atoms with E-state index < -0.39 is 0 Å². The van der Waals surface area contributed by atoms with E-state index in [0.717, 1.165) is 31.6 Å². The highest BCUT2D eigenvalue weighted by Gasteiger charge is 2.13. The van der Waals surface area contributed by atoms with Gasteiger partial charge in [0.1, 0.15) is 0 Å². The Morgan fingerprint density at radius 2 is 1.88 bits per heavy atom. The lowest BCUT2D eigenvalue weighted by atomic mass is 10.2. The zero-order valence-corrected chi connectivity index (χ0v) is 14.4. The first-order valence-electron chi connectivity index (χ1n) is 8.75. The Kier molecular flexibility index (Phi) is 5.77. The highest BCUT2D eigenvalue weighted by Crippen LogP contribution is 2.19. The number of esters is 1. The van der Waals surface area contributed by atoms with E-state index in [9.17, 15) is 4.79 Å². The van der Waals surface area contributed by atoms with Crippen LogP contribution in [0.5, 0.6) is 0 Å². The smallest absolute Gasteiger partial charge is 0.338 e. The molecule has 7 nitrogen and oxygen atoms in total. The summed E-state index contributed by atoms with van der Waals surface area (Å²) in [6.07, 6.45) is 6.44. The molecule has 0 unspecified atom stereocenters. The van der Waals surface area contributed by atoms with E-state index in [2.05, 4.69) is 25.4 Å². The van der Waals surface area contributed by atoms with Gasteiger partial charge < -0.3 is 15.0 Å². The molecule has 132 valence electrons. The molecule has 2 aromatic rings. The minimum Gasteiger partial charge on any atom is -0.462 e. The average molecular weight is 341 g/mol. The van der Waals surface area contributed by atoms with Crippen molar-refractivity contribution in [1.82, 2.24) is 15.2 Å². The summed E-state index contributed by atoms with van der Waals surface area (Å²) in [4.78, 5) is 18.4. The third-order valence-corrected chi connectivity index (χ3v) is 4.10. The zero-order valence-electron chi connectivity index (χ0n) is 14.4. The fraction of sp³-hybridized carbons (Fsp3) is 0.444. The molecule has 0 radical (unpaired) electrons. The van der Waals surface area contributed by atoms with Crippen molar-refractivity contribution in [3.8, 4) is 0 Å². The van der Waals surface area contributed by atoms with Crippen molar-refractivity contribution >= 4 is 23.4 Å². The van der Waals surface area contributed by atoms with Gasteiger partial charge in [-0.2, -0.15) is 10.1 Å². The van der Waals surface area contributed by atoms with Crippen LogP contribution in [0.25, 0.3) is 0 Å². The number of rotatable bonds is 5. The summed E-state index contributed by atoms with van der Waals surface area (Å²) in [7, 11) is 0. The number of benzene rings is 1. The number of nitrogens with one attached hydrogen (secondary N) is 1. The van der Waals surface area contributed by atoms with Gasteiger partial charge in [-0.3, -0.25) is 0 Å². The van der Waals surface area contributed by atoms with Gasteiger partial charge in [0.2, 0.25) is 5.95 Å². The van der Waals surface area contributed by atoms with Crippen LogP contribution >= 0.6 is 0 Å². The van der Waals surface area contributed by atoms with Crippen LogP contribution in [0.2, 0.25) is 0 Å². The van der Waals surface area contributed by atoms with Gasteiger partial charge in [0.15, 0.2) is 5.82 Å². The highest BCUT2D eigenvalue weighted by atomic mass is 16.5. The maximum atomic E-state index is 11.7. The van der Waals surface area contributed by atoms with Gasteiger partial charge in [0, 0.05) is 18.8 Å². The second-order valence-electron chi connectivity index (χ2n) is 5.97. The Balaban J connectivity index is 1.68. The molecule has 0 spiro atoms. The minimum atomic E-state index is -0.318. The van der Waals surface area contributed by atoms with Gasteiger partial charge in [-0.15, -0.1) is 5.10 Å². The van der Waals surface area contributed by atoms with E-state index >= 15 is 0 Å². The molecular weight excluding hydrogens is 318 g/mol. The van der Waals surface area contributed by atoms with E-state index in [1.807, 2.05) is 12.1 Å². The van der Waals surface area contributed by atoms with E-state index in [1.54, 1.807) is 25.3 Å². The van der Waals surface area contributed by atoms with Crippen molar-refractivity contribution in [3.05, 3.63) is 36.0 Å². The zero-order chi connectivity index (χ0) is 17.5. The third kappa shape index (κ3) is 4.65. The lowest BCUT2D eigenvalue weighted by Gasteiger charge is -2.19. The number of carbonyl (C=O) groups excluding carboxylic acids is 1. The first-order valence-corrected chi connectivity index (χ1v) is 8.75. The van der Waals surface area contributed by atoms with E-state index in [0.29, 0.717) is 23.9 Å². The Morgan fingerprint density at radius 3 is 2.56 bits per heavy atom. The molecule has 0 atom stereocenters. The quantitative estimate of drug-likeness (QED) is 0.837. The molecule has 0 amide bonds. The number of hydrogen-bond acceptors (Lipinski definition) is 7. The van der Waals surface area contributed by atoms with Crippen molar-refractivity contribution in [2.24, 2.45) is 0 Å². The number of anilines is 3. The third-order valence-electron chi connectivity index (χ3n) is 4.10. The average Bonchev–Trinajstić information content (AvgIpc) is 2.92. The molecule has 3 rings (SSSR count). The van der Waals surface area contributed by atoms with Gasteiger partial charge >= 0.3 is 5.97 Å². The molecule has 0 aliphatic carbocycles. The topological polar surface area (TPSA) is 80.2 Å². The number of nitrogens with zero attached hydrogens (tertiary/aromatic N) is 4. The summed E-state index contributed by atoms with van der Waals surface area (Å²) in [5.41, 5.74) is 1.36. The van der Waals surface area contributed by atoms with Crippen LogP contribution in [0.1, 0.15) is 43.0 Å². The summed E-state index contributed by atoms with van der Waals surface area (Å²) >= 11 is 0. The van der Waals surface area contributed by atoms with E-state index in [4.69, 9.17) is 4.74 Å². The molecule has 1 fully saturated rings. The van der Waals surface area contributed by atoms with Gasteiger partial charge in [0.25, 0.3) is 0 Å². The van der Waals surface area contributed by atoms with Crippen molar-refractivity contribution in [2.45, 2.75) is 32.6 Å². The molecular formula is C18H23N5O2. The monoisotopic (exact) mass is 341 g/mol. The summed E-state index contributed by atoms with van der Waals surface area (Å²) < 4.78 is 4.98. The molecule has 1 N–H and O–H groups in total. The molecule has 0 saturated carbocycles. The Labute approximate surface area is 147 Å². The van der Waals surface area contributed by atoms with Gasteiger partial charge in [-0.1, -0.05) is 12.8 Å². The van der Waals surface area contributed by atoms with Crippen LogP contribution in [0.3, 0.4) is 0 Å². The first-order chi connectivity index (χ1) is 12.3. The molecule has 25 heavy (non-hydrogen) atoms. The number of aromatic nitrogens is 3. The van der Waals surface area contributed by atoms with Crippen molar-refractivity contribution in [1.29, 1.82) is 0 Å². The maximum Gasteiger partial charge on any atom is 0.338 e. The number of carbonyl (C=O) groups is 1. The number of hydrogen-bond donors (Lipinski definition) is 1. The van der Waals surface area contributed by atoms with E-state index in [1.165, 1.54) is 12.8 Å². The summed E-state index contributed by atoms with van der Waals surface area (Å²) in [5.74, 6) is 0.981. The fourth-order valence-electron chi connectivity index (χ4n) is 2.81. The molecule has 1 aliphatic heterocycles.